The number of anilines is 1. The highest BCUT2D eigenvalue weighted by Crippen LogP contribution is 2.34. The molecule has 0 aliphatic carbocycles. The largest absolute Gasteiger partial charge is 0.481 e. The van der Waals surface area contributed by atoms with Gasteiger partial charge < -0.3 is 15.3 Å². The second-order valence-corrected chi connectivity index (χ2v) is 5.67. The molecule has 6 nitrogen and oxygen atoms in total. The normalized spacial score (nSPS) is 14.7. The van der Waals surface area contributed by atoms with E-state index in [1.165, 1.54) is 11.0 Å². The first-order valence-electron chi connectivity index (χ1n) is 7.71. The number of amides is 2. The lowest BCUT2D eigenvalue weighted by atomic mass is 10.1. The molecule has 0 bridgehead atoms. The van der Waals surface area contributed by atoms with Crippen LogP contribution in [0.2, 0.25) is 0 Å². The Labute approximate surface area is 141 Å². The summed E-state index contributed by atoms with van der Waals surface area (Å²) in [5.41, 5.74) is -1.20. The summed E-state index contributed by atoms with van der Waals surface area (Å²) in [5, 5.41) is 10.9. The minimum absolute atomic E-state index is 0.0271. The molecule has 1 aromatic carbocycles. The fourth-order valence-electron chi connectivity index (χ4n) is 2.53. The summed E-state index contributed by atoms with van der Waals surface area (Å²) in [6, 6.07) is 2.81. The van der Waals surface area contributed by atoms with E-state index in [9.17, 15) is 27.6 Å². The molecule has 0 spiro atoms. The maximum absolute atomic E-state index is 13.1. The summed E-state index contributed by atoms with van der Waals surface area (Å²) in [4.78, 5) is 35.5. The van der Waals surface area contributed by atoms with Crippen LogP contribution >= 0.6 is 0 Å². The molecule has 0 saturated carbocycles. The van der Waals surface area contributed by atoms with E-state index in [-0.39, 0.29) is 43.0 Å². The molecule has 0 aromatic heterocycles. The Morgan fingerprint density at radius 2 is 1.96 bits per heavy atom. The van der Waals surface area contributed by atoms with Gasteiger partial charge in [0, 0.05) is 37.2 Å². The Hall–Kier alpha value is -2.58. The molecule has 0 unspecified atom stereocenters. The predicted molar refractivity (Wildman–Crippen MR) is 82.2 cm³/mol. The van der Waals surface area contributed by atoms with E-state index in [1.807, 2.05) is 0 Å². The lowest BCUT2D eigenvalue weighted by Crippen LogP contribution is -2.27. The quantitative estimate of drug-likeness (QED) is 0.765. The molecule has 2 amide bonds. The summed E-state index contributed by atoms with van der Waals surface area (Å²) in [5.74, 6) is -2.06. The number of carbonyl (C=O) groups is 3. The van der Waals surface area contributed by atoms with Crippen LogP contribution in [-0.2, 0) is 15.8 Å². The molecule has 1 heterocycles. The zero-order valence-electron chi connectivity index (χ0n) is 13.2. The SMILES string of the molecule is O=C(O)CCCNC(=O)c1cc(N2CCCC2=O)cc(C(F)(F)F)c1. The van der Waals surface area contributed by atoms with E-state index in [1.54, 1.807) is 0 Å². The Morgan fingerprint density at radius 1 is 1.24 bits per heavy atom. The number of nitrogens with zero attached hydrogens (tertiary/aromatic N) is 1. The molecular weight excluding hydrogens is 341 g/mol. The average molecular weight is 358 g/mol. The number of benzene rings is 1. The topological polar surface area (TPSA) is 86.7 Å². The first-order chi connectivity index (χ1) is 11.7. The van der Waals surface area contributed by atoms with E-state index in [2.05, 4.69) is 5.32 Å². The number of hydrogen-bond donors (Lipinski definition) is 2. The van der Waals surface area contributed by atoms with Crippen LogP contribution in [0.25, 0.3) is 0 Å². The third-order valence-corrected chi connectivity index (χ3v) is 3.75. The molecule has 1 aromatic rings. The fraction of sp³-hybridized carbons (Fsp3) is 0.438. The van der Waals surface area contributed by atoms with Gasteiger partial charge in [0.25, 0.3) is 5.91 Å². The molecule has 9 heteroatoms. The fourth-order valence-corrected chi connectivity index (χ4v) is 2.53. The van der Waals surface area contributed by atoms with Gasteiger partial charge in [0.1, 0.15) is 0 Å². The maximum atomic E-state index is 13.1. The van der Waals surface area contributed by atoms with Crippen LogP contribution in [0.4, 0.5) is 18.9 Å². The van der Waals surface area contributed by atoms with Crippen LogP contribution in [0.3, 0.4) is 0 Å². The van der Waals surface area contributed by atoms with Crippen molar-refractivity contribution in [2.24, 2.45) is 0 Å². The van der Waals surface area contributed by atoms with Crippen molar-refractivity contribution in [1.82, 2.24) is 5.32 Å². The third-order valence-electron chi connectivity index (χ3n) is 3.75. The molecule has 2 rings (SSSR count). The van der Waals surface area contributed by atoms with Crippen LogP contribution < -0.4 is 10.2 Å². The minimum Gasteiger partial charge on any atom is -0.481 e. The van der Waals surface area contributed by atoms with Crippen LogP contribution in [0.15, 0.2) is 18.2 Å². The summed E-state index contributed by atoms with van der Waals surface area (Å²) >= 11 is 0. The lowest BCUT2D eigenvalue weighted by molar-refractivity contribution is -0.138. The summed E-state index contributed by atoms with van der Waals surface area (Å²) in [6.45, 7) is 0.333. The standard InChI is InChI=1S/C16H17F3N2O4/c17-16(18,19)11-7-10(15(25)20-5-1-4-14(23)24)8-12(9-11)21-6-2-3-13(21)22/h7-9H,1-6H2,(H,20,25)(H,23,24). The van der Waals surface area contributed by atoms with Gasteiger partial charge in [-0.3, -0.25) is 14.4 Å². The number of carbonyl (C=O) groups excluding carboxylic acids is 2. The molecule has 1 fully saturated rings. The highest BCUT2D eigenvalue weighted by molar-refractivity contribution is 5.99. The van der Waals surface area contributed by atoms with Gasteiger partial charge in [-0.25, -0.2) is 0 Å². The van der Waals surface area contributed by atoms with Crippen LogP contribution in [0.1, 0.15) is 41.6 Å². The van der Waals surface area contributed by atoms with Crippen molar-refractivity contribution in [3.05, 3.63) is 29.3 Å². The highest BCUT2D eigenvalue weighted by Gasteiger charge is 2.33. The number of aliphatic carboxylic acids is 1. The maximum Gasteiger partial charge on any atom is 0.416 e. The first-order valence-corrected chi connectivity index (χ1v) is 7.71. The van der Waals surface area contributed by atoms with Crippen LogP contribution in [0, 0.1) is 0 Å². The van der Waals surface area contributed by atoms with Crippen molar-refractivity contribution >= 4 is 23.5 Å². The number of carboxylic acids is 1. The molecule has 1 aliphatic rings. The van der Waals surface area contributed by atoms with Gasteiger partial charge >= 0.3 is 12.1 Å². The van der Waals surface area contributed by atoms with E-state index < -0.39 is 23.6 Å². The van der Waals surface area contributed by atoms with Gasteiger partial charge in [-0.2, -0.15) is 13.2 Å². The average Bonchev–Trinajstić information content (AvgIpc) is 2.96. The van der Waals surface area contributed by atoms with Crippen LogP contribution in [-0.4, -0.2) is 36.0 Å². The summed E-state index contributed by atoms with van der Waals surface area (Å²) in [6.07, 6.45) is -3.84. The second-order valence-electron chi connectivity index (χ2n) is 5.67. The lowest BCUT2D eigenvalue weighted by Gasteiger charge is -2.19. The molecule has 0 radical (unpaired) electrons. The van der Waals surface area contributed by atoms with Crippen molar-refractivity contribution in [2.45, 2.75) is 31.9 Å². The van der Waals surface area contributed by atoms with E-state index in [4.69, 9.17) is 5.11 Å². The van der Waals surface area contributed by atoms with E-state index in [0.717, 1.165) is 12.1 Å². The number of alkyl halides is 3. The number of carboxylic acid groups (broad SMARTS) is 1. The summed E-state index contributed by atoms with van der Waals surface area (Å²) < 4.78 is 39.3. The molecule has 0 atom stereocenters. The van der Waals surface area contributed by atoms with Crippen LogP contribution in [0.5, 0.6) is 0 Å². The second kappa shape index (κ2) is 7.54. The van der Waals surface area contributed by atoms with Crippen molar-refractivity contribution in [3.8, 4) is 0 Å². The summed E-state index contributed by atoms with van der Waals surface area (Å²) in [7, 11) is 0. The van der Waals surface area contributed by atoms with Crippen molar-refractivity contribution in [1.29, 1.82) is 0 Å². The number of halogens is 3. The predicted octanol–water partition coefficient (Wildman–Crippen LogP) is 2.43. The van der Waals surface area contributed by atoms with E-state index >= 15 is 0 Å². The molecule has 25 heavy (non-hydrogen) atoms. The Balaban J connectivity index is 2.22. The number of rotatable bonds is 6. The molecule has 1 saturated heterocycles. The molecule has 2 N–H and O–H groups in total. The number of hydrogen-bond acceptors (Lipinski definition) is 3. The molecule has 136 valence electrons. The van der Waals surface area contributed by atoms with Crippen molar-refractivity contribution < 1.29 is 32.7 Å². The Kier molecular flexibility index (Phi) is 5.66. The third kappa shape index (κ3) is 4.94. The Bertz CT molecular complexity index is 688. The van der Waals surface area contributed by atoms with Crippen molar-refractivity contribution in [3.63, 3.8) is 0 Å². The van der Waals surface area contributed by atoms with Gasteiger partial charge in [-0.1, -0.05) is 0 Å². The monoisotopic (exact) mass is 358 g/mol. The molecule has 1 aliphatic heterocycles. The van der Waals surface area contributed by atoms with Gasteiger partial charge in [0.05, 0.1) is 5.56 Å². The minimum atomic E-state index is -4.66. The van der Waals surface area contributed by atoms with Crippen molar-refractivity contribution in [2.75, 3.05) is 18.0 Å². The highest BCUT2D eigenvalue weighted by atomic mass is 19.4. The zero-order valence-corrected chi connectivity index (χ0v) is 13.2. The molecular formula is C16H17F3N2O4. The van der Waals surface area contributed by atoms with Gasteiger partial charge in [0.15, 0.2) is 0 Å². The van der Waals surface area contributed by atoms with Gasteiger partial charge in [-0.05, 0) is 31.0 Å². The number of nitrogens with one attached hydrogen (secondary N) is 1. The van der Waals surface area contributed by atoms with Gasteiger partial charge in [0.2, 0.25) is 5.91 Å². The van der Waals surface area contributed by atoms with E-state index in [0.29, 0.717) is 13.0 Å². The smallest absolute Gasteiger partial charge is 0.416 e. The van der Waals surface area contributed by atoms with Gasteiger partial charge in [-0.15, -0.1) is 0 Å². The first kappa shape index (κ1) is 18.8. The Morgan fingerprint density at radius 3 is 2.52 bits per heavy atom. The zero-order chi connectivity index (χ0) is 18.6.